The smallest absolute Gasteiger partial charge is 0.0463 e. The third-order valence-corrected chi connectivity index (χ3v) is 5.50. The van der Waals surface area contributed by atoms with Crippen molar-refractivity contribution in [3.63, 3.8) is 0 Å². The molecule has 0 amide bonds. The van der Waals surface area contributed by atoms with Crippen LogP contribution < -0.4 is 0 Å². The van der Waals surface area contributed by atoms with E-state index in [1.165, 1.54) is 52.7 Å². The van der Waals surface area contributed by atoms with Crippen molar-refractivity contribution >= 4 is 0 Å². The number of hydrogen-bond donors (Lipinski definition) is 0. The average Bonchev–Trinajstić information content (AvgIpc) is 3.08. The van der Waals surface area contributed by atoms with Gasteiger partial charge in [0.05, 0.1) is 0 Å². The normalized spacial score (nSPS) is 17.3. The first kappa shape index (κ1) is 26.7. The van der Waals surface area contributed by atoms with E-state index in [1.54, 1.807) is 0 Å². The van der Waals surface area contributed by atoms with E-state index >= 15 is 0 Å². The van der Waals surface area contributed by atoms with Crippen molar-refractivity contribution < 1.29 is 0 Å². The van der Waals surface area contributed by atoms with Crippen LogP contribution in [0.25, 0.3) is 11.1 Å². The molecule has 0 heteroatoms. The van der Waals surface area contributed by atoms with Gasteiger partial charge in [0, 0.05) is 5.41 Å². The maximum Gasteiger partial charge on any atom is 0.0463 e. The molecule has 0 nitrogen and oxygen atoms in total. The van der Waals surface area contributed by atoms with E-state index in [2.05, 4.69) is 87.7 Å². The molecule has 1 fully saturated rings. The van der Waals surface area contributed by atoms with Crippen LogP contribution in [0.4, 0.5) is 0 Å². The van der Waals surface area contributed by atoms with Gasteiger partial charge in [0.1, 0.15) is 0 Å². The Morgan fingerprint density at radius 1 is 0.759 bits per heavy atom. The summed E-state index contributed by atoms with van der Waals surface area (Å²) in [6.07, 6.45) is 8.37. The summed E-state index contributed by atoms with van der Waals surface area (Å²) < 4.78 is 0. The minimum absolute atomic E-state index is 0. The summed E-state index contributed by atoms with van der Waals surface area (Å²) in [4.78, 5) is 0. The van der Waals surface area contributed by atoms with Crippen LogP contribution in [0, 0.1) is 0 Å². The third-order valence-electron chi connectivity index (χ3n) is 5.50. The van der Waals surface area contributed by atoms with Crippen molar-refractivity contribution in [3.05, 3.63) is 96.1 Å². The fourth-order valence-corrected chi connectivity index (χ4v) is 4.70. The molecule has 2 aliphatic carbocycles. The number of hydrogen-bond acceptors (Lipinski definition) is 0. The van der Waals surface area contributed by atoms with Crippen LogP contribution in [0.1, 0.15) is 79.4 Å². The lowest BCUT2D eigenvalue weighted by Gasteiger charge is -2.40. The molecule has 4 rings (SSSR count). The number of rotatable bonds is 0. The predicted molar refractivity (Wildman–Crippen MR) is 135 cm³/mol. The molecule has 0 aromatic heterocycles. The van der Waals surface area contributed by atoms with E-state index < -0.39 is 0 Å². The molecule has 29 heavy (non-hydrogen) atoms. The second kappa shape index (κ2) is 13.0. The van der Waals surface area contributed by atoms with E-state index in [0.717, 1.165) is 0 Å². The van der Waals surface area contributed by atoms with E-state index in [0.29, 0.717) is 0 Å². The molecule has 0 radical (unpaired) electrons. The highest BCUT2D eigenvalue weighted by Crippen LogP contribution is 2.58. The Balaban J connectivity index is 0.00000103. The number of fused-ring (bicyclic) bond motifs is 5. The lowest BCUT2D eigenvalue weighted by Crippen LogP contribution is -2.32. The second-order valence-electron chi connectivity index (χ2n) is 6.37. The van der Waals surface area contributed by atoms with Crippen molar-refractivity contribution in [1.82, 2.24) is 0 Å². The Kier molecular flexibility index (Phi) is 11.9. The highest BCUT2D eigenvalue weighted by molar-refractivity contribution is 5.84. The second-order valence-corrected chi connectivity index (χ2v) is 6.37. The topological polar surface area (TPSA) is 0 Å². The van der Waals surface area contributed by atoms with Gasteiger partial charge in [-0.05, 0) is 66.5 Å². The molecule has 2 aromatic rings. The summed E-state index contributed by atoms with van der Waals surface area (Å²) in [5, 5.41) is 0. The average molecular weight is 391 g/mol. The van der Waals surface area contributed by atoms with Gasteiger partial charge in [0.15, 0.2) is 0 Å². The van der Waals surface area contributed by atoms with E-state index in [1.807, 2.05) is 27.7 Å². The predicted octanol–water partition coefficient (Wildman–Crippen LogP) is 9.52. The van der Waals surface area contributed by atoms with E-state index in [9.17, 15) is 0 Å². The first-order valence-electron chi connectivity index (χ1n) is 10.8. The van der Waals surface area contributed by atoms with Crippen LogP contribution >= 0.6 is 0 Å². The van der Waals surface area contributed by atoms with Gasteiger partial charge in [0.2, 0.25) is 0 Å². The van der Waals surface area contributed by atoms with Gasteiger partial charge in [-0.25, -0.2) is 0 Å². The Hall–Kier alpha value is -2.34. The quantitative estimate of drug-likeness (QED) is 0.393. The molecule has 1 saturated carbocycles. The van der Waals surface area contributed by atoms with Crippen LogP contribution in [-0.4, -0.2) is 0 Å². The largest absolute Gasteiger partial charge is 0.106 e. The van der Waals surface area contributed by atoms with Crippen molar-refractivity contribution in [3.8, 4) is 11.1 Å². The summed E-state index contributed by atoms with van der Waals surface area (Å²) in [5.41, 5.74) is 8.98. The lowest BCUT2D eigenvalue weighted by molar-refractivity contribution is 0.497. The minimum atomic E-state index is 0. The molecule has 2 aliphatic rings. The fraction of sp³-hybridized carbons (Fsp3) is 0.379. The van der Waals surface area contributed by atoms with Gasteiger partial charge in [-0.1, -0.05) is 95.8 Å². The third kappa shape index (κ3) is 4.47. The van der Waals surface area contributed by atoms with Crippen molar-refractivity contribution in [2.45, 2.75) is 73.6 Å². The van der Waals surface area contributed by atoms with Gasteiger partial charge in [0.25, 0.3) is 0 Å². The highest BCUT2D eigenvalue weighted by Gasteiger charge is 2.47. The van der Waals surface area contributed by atoms with Crippen molar-refractivity contribution in [1.29, 1.82) is 0 Å². The highest BCUT2D eigenvalue weighted by atomic mass is 14.5. The first-order valence-corrected chi connectivity index (χ1v) is 10.8. The molecule has 0 unspecified atom stereocenters. The van der Waals surface area contributed by atoms with Crippen molar-refractivity contribution in [2.24, 2.45) is 0 Å². The van der Waals surface area contributed by atoms with E-state index in [-0.39, 0.29) is 12.8 Å². The monoisotopic (exact) mass is 390 g/mol. The summed E-state index contributed by atoms with van der Waals surface area (Å²) in [6.45, 7) is 18.4. The molecule has 1 spiro atoms. The molecule has 0 saturated heterocycles. The standard InChI is InChI=1S/C22H22.2C2H6.C2H4.CH4/c1-3-16-10-9-15-22(19(16)4-2)20-13-7-5-11-17(20)18-12-6-8-14-21(18)22;3*1-2;/h3-8,11-14H,9-10,15H2,1-2H3;2*1-2H3;1-2H2;1H4/b16-3-,19-4+;;;;. The fourth-order valence-electron chi connectivity index (χ4n) is 4.70. The summed E-state index contributed by atoms with van der Waals surface area (Å²) in [7, 11) is 0. The number of benzene rings is 2. The minimum Gasteiger partial charge on any atom is -0.106 e. The zero-order valence-corrected chi connectivity index (χ0v) is 18.8. The summed E-state index contributed by atoms with van der Waals surface area (Å²) in [5.74, 6) is 0. The summed E-state index contributed by atoms with van der Waals surface area (Å²) >= 11 is 0. The molecule has 0 N–H and O–H groups in total. The molecule has 158 valence electrons. The lowest BCUT2D eigenvalue weighted by atomic mass is 9.62. The molecular formula is C29H42. The van der Waals surface area contributed by atoms with Gasteiger partial charge >= 0.3 is 0 Å². The van der Waals surface area contributed by atoms with Gasteiger partial charge in [-0.2, -0.15) is 0 Å². The molecule has 0 aliphatic heterocycles. The molecular weight excluding hydrogens is 348 g/mol. The molecule has 0 heterocycles. The molecule has 0 atom stereocenters. The van der Waals surface area contributed by atoms with Crippen LogP contribution in [-0.2, 0) is 5.41 Å². The van der Waals surface area contributed by atoms with Crippen molar-refractivity contribution in [2.75, 3.05) is 0 Å². The van der Waals surface area contributed by atoms with E-state index in [4.69, 9.17) is 0 Å². The first-order chi connectivity index (χ1) is 13.8. The van der Waals surface area contributed by atoms with Crippen LogP contribution in [0.2, 0.25) is 0 Å². The van der Waals surface area contributed by atoms with Gasteiger partial charge in [-0.3, -0.25) is 0 Å². The summed E-state index contributed by atoms with van der Waals surface area (Å²) in [6, 6.07) is 18.0. The SMILES string of the molecule is C.C/C=C1/CCCC2(/C1=C/C)c1ccccc1-c1ccccc12.C=C.CC.CC. The zero-order valence-electron chi connectivity index (χ0n) is 18.8. The Morgan fingerprint density at radius 2 is 1.21 bits per heavy atom. The van der Waals surface area contributed by atoms with Crippen LogP contribution in [0.3, 0.4) is 0 Å². The zero-order chi connectivity index (χ0) is 21.2. The Morgan fingerprint density at radius 3 is 1.62 bits per heavy atom. The Labute approximate surface area is 181 Å². The molecule has 0 bridgehead atoms. The maximum atomic E-state index is 3.00. The Bertz CT molecular complexity index is 759. The van der Waals surface area contributed by atoms with Crippen LogP contribution in [0.5, 0.6) is 0 Å². The van der Waals surface area contributed by atoms with Crippen LogP contribution in [0.15, 0.2) is 85.0 Å². The maximum absolute atomic E-state index is 3.00. The van der Waals surface area contributed by atoms with Gasteiger partial charge in [-0.15, -0.1) is 13.2 Å². The number of allylic oxidation sites excluding steroid dienone is 4. The van der Waals surface area contributed by atoms with Gasteiger partial charge < -0.3 is 0 Å². The molecule has 2 aromatic carbocycles.